The molecule has 5 nitrogen and oxygen atoms in total. The highest BCUT2D eigenvalue weighted by molar-refractivity contribution is 5.74. The minimum absolute atomic E-state index is 0.245. The molecule has 0 aliphatic carbocycles. The lowest BCUT2D eigenvalue weighted by Gasteiger charge is -2.17. The van der Waals surface area contributed by atoms with Crippen LogP contribution >= 0.6 is 0 Å². The summed E-state index contributed by atoms with van der Waals surface area (Å²) in [7, 11) is 0. The summed E-state index contributed by atoms with van der Waals surface area (Å²) >= 11 is 0. The normalized spacial score (nSPS) is 10.9. The van der Waals surface area contributed by atoms with Gasteiger partial charge in [-0.15, -0.1) is 5.10 Å². The minimum Gasteiger partial charge on any atom is -0.491 e. The molecule has 2 aromatic rings. The average molecular weight is 301 g/mol. The molecular formula is C17H23N3O2. The molecule has 22 heavy (non-hydrogen) atoms. The Labute approximate surface area is 131 Å². The Morgan fingerprint density at radius 3 is 2.59 bits per heavy atom. The lowest BCUT2D eigenvalue weighted by atomic mass is 9.97. The fraction of sp³-hybridized carbons (Fsp3) is 0.471. The number of nitrogens with zero attached hydrogens (tertiary/aromatic N) is 3. The fourth-order valence-electron chi connectivity index (χ4n) is 2.59. The van der Waals surface area contributed by atoms with Crippen LogP contribution in [-0.4, -0.2) is 27.9 Å². The molecule has 0 aliphatic rings. The number of carbonyl (C=O) groups excluding carboxylic acids is 1. The summed E-state index contributed by atoms with van der Waals surface area (Å²) < 4.78 is 7.57. The molecule has 0 atom stereocenters. The van der Waals surface area contributed by atoms with Crippen molar-refractivity contribution < 1.29 is 9.53 Å². The molecule has 1 heterocycles. The fourth-order valence-corrected chi connectivity index (χ4v) is 2.59. The monoisotopic (exact) mass is 301 g/mol. The van der Waals surface area contributed by atoms with Gasteiger partial charge in [0, 0.05) is 5.92 Å². The topological polar surface area (TPSA) is 57.0 Å². The van der Waals surface area contributed by atoms with Crippen molar-refractivity contribution in [2.45, 2.75) is 46.0 Å². The summed E-state index contributed by atoms with van der Waals surface area (Å²) in [5.41, 5.74) is 2.12. The molecule has 0 N–H and O–H groups in total. The third kappa shape index (κ3) is 3.18. The van der Waals surface area contributed by atoms with Crippen LogP contribution in [0.3, 0.4) is 0 Å². The van der Waals surface area contributed by atoms with E-state index in [4.69, 9.17) is 4.74 Å². The number of benzene rings is 1. The van der Waals surface area contributed by atoms with Crippen molar-refractivity contribution in [3.05, 3.63) is 35.7 Å². The van der Waals surface area contributed by atoms with Gasteiger partial charge in [-0.25, -0.2) is 4.68 Å². The highest BCUT2D eigenvalue weighted by Crippen LogP contribution is 2.30. The van der Waals surface area contributed by atoms with Crippen LogP contribution in [0.1, 0.15) is 62.1 Å². The summed E-state index contributed by atoms with van der Waals surface area (Å²) in [6.07, 6.45) is 3.59. The van der Waals surface area contributed by atoms with Gasteiger partial charge in [-0.3, -0.25) is 4.79 Å². The van der Waals surface area contributed by atoms with E-state index in [9.17, 15) is 4.79 Å². The Morgan fingerprint density at radius 1 is 1.23 bits per heavy atom. The molecular weight excluding hydrogens is 278 g/mol. The molecule has 0 amide bonds. The molecule has 0 bridgehead atoms. The van der Waals surface area contributed by atoms with Gasteiger partial charge in [0.2, 0.25) is 0 Å². The van der Waals surface area contributed by atoms with Gasteiger partial charge in [0.25, 0.3) is 0 Å². The molecule has 1 aromatic heterocycles. The molecule has 2 rings (SSSR count). The standard InChI is InChI=1S/C17H23N3O2/c1-4-11-22-16-10-8-7-9-15(16)20-17(13(5-2)6-3)14(12-21)18-19-20/h7-10,12-13H,4-6,11H2,1-3H3. The van der Waals surface area contributed by atoms with Crippen LogP contribution < -0.4 is 4.74 Å². The van der Waals surface area contributed by atoms with Gasteiger partial charge in [-0.2, -0.15) is 0 Å². The second-order valence-corrected chi connectivity index (χ2v) is 5.22. The van der Waals surface area contributed by atoms with Crippen LogP contribution in [0.15, 0.2) is 24.3 Å². The first-order chi connectivity index (χ1) is 10.8. The second kappa shape index (κ2) is 7.73. The molecule has 0 aliphatic heterocycles. The van der Waals surface area contributed by atoms with Crippen molar-refractivity contribution in [1.29, 1.82) is 0 Å². The Morgan fingerprint density at radius 2 is 1.95 bits per heavy atom. The summed E-state index contributed by atoms with van der Waals surface area (Å²) in [6.45, 7) is 6.93. The molecule has 1 aromatic carbocycles. The van der Waals surface area contributed by atoms with Gasteiger partial charge in [0.15, 0.2) is 6.29 Å². The average Bonchev–Trinajstić information content (AvgIpc) is 2.98. The summed E-state index contributed by atoms with van der Waals surface area (Å²) in [4.78, 5) is 11.3. The third-order valence-corrected chi connectivity index (χ3v) is 3.77. The van der Waals surface area contributed by atoms with Gasteiger partial charge in [0.1, 0.15) is 17.1 Å². The number of carbonyl (C=O) groups is 1. The highest BCUT2D eigenvalue weighted by Gasteiger charge is 2.22. The summed E-state index contributed by atoms with van der Waals surface area (Å²) in [5.74, 6) is 1.01. The molecule has 0 saturated carbocycles. The highest BCUT2D eigenvalue weighted by atomic mass is 16.5. The number of aldehydes is 1. The maximum atomic E-state index is 11.3. The molecule has 0 unspecified atom stereocenters. The van der Waals surface area contributed by atoms with E-state index < -0.39 is 0 Å². The van der Waals surface area contributed by atoms with Crippen molar-refractivity contribution in [2.24, 2.45) is 0 Å². The quantitative estimate of drug-likeness (QED) is 0.696. The van der Waals surface area contributed by atoms with Crippen molar-refractivity contribution in [3.8, 4) is 11.4 Å². The Hall–Kier alpha value is -2.17. The largest absolute Gasteiger partial charge is 0.491 e. The van der Waals surface area contributed by atoms with Crippen molar-refractivity contribution in [1.82, 2.24) is 15.0 Å². The van der Waals surface area contributed by atoms with Crippen LogP contribution in [0.5, 0.6) is 5.75 Å². The predicted molar refractivity (Wildman–Crippen MR) is 85.9 cm³/mol. The number of ether oxygens (including phenoxy) is 1. The number of hydrogen-bond acceptors (Lipinski definition) is 4. The minimum atomic E-state index is 0.245. The molecule has 0 spiro atoms. The maximum Gasteiger partial charge on any atom is 0.172 e. The van der Waals surface area contributed by atoms with Crippen LogP contribution in [0.4, 0.5) is 0 Å². The lowest BCUT2D eigenvalue weighted by Crippen LogP contribution is -2.10. The Balaban J connectivity index is 2.53. The first kappa shape index (κ1) is 16.2. The zero-order chi connectivity index (χ0) is 15.9. The van der Waals surface area contributed by atoms with Crippen LogP contribution in [0.25, 0.3) is 5.69 Å². The van der Waals surface area contributed by atoms with E-state index in [1.807, 2.05) is 24.3 Å². The van der Waals surface area contributed by atoms with Crippen molar-refractivity contribution in [2.75, 3.05) is 6.61 Å². The van der Waals surface area contributed by atoms with Crippen LogP contribution in [0.2, 0.25) is 0 Å². The van der Waals surface area contributed by atoms with E-state index in [1.54, 1.807) is 4.68 Å². The summed E-state index contributed by atoms with van der Waals surface area (Å²) in [6, 6.07) is 7.74. The first-order valence-corrected chi connectivity index (χ1v) is 7.89. The Kier molecular flexibility index (Phi) is 5.69. The third-order valence-electron chi connectivity index (χ3n) is 3.77. The predicted octanol–water partition coefficient (Wildman–Crippen LogP) is 3.77. The molecule has 118 valence electrons. The molecule has 0 radical (unpaired) electrons. The van der Waals surface area contributed by atoms with Crippen molar-refractivity contribution in [3.63, 3.8) is 0 Å². The van der Waals surface area contributed by atoms with Gasteiger partial charge in [0.05, 0.1) is 12.3 Å². The van der Waals surface area contributed by atoms with Crippen molar-refractivity contribution >= 4 is 6.29 Å². The van der Waals surface area contributed by atoms with E-state index in [1.165, 1.54) is 0 Å². The van der Waals surface area contributed by atoms with Gasteiger partial charge >= 0.3 is 0 Å². The zero-order valence-corrected chi connectivity index (χ0v) is 13.5. The zero-order valence-electron chi connectivity index (χ0n) is 13.5. The second-order valence-electron chi connectivity index (χ2n) is 5.22. The molecule has 0 saturated heterocycles. The molecule has 0 fully saturated rings. The van der Waals surface area contributed by atoms with Gasteiger partial charge < -0.3 is 4.74 Å². The lowest BCUT2D eigenvalue weighted by molar-refractivity contribution is 0.111. The van der Waals surface area contributed by atoms with Crippen LogP contribution in [0, 0.1) is 0 Å². The van der Waals surface area contributed by atoms with E-state index in [-0.39, 0.29) is 5.92 Å². The van der Waals surface area contributed by atoms with Gasteiger partial charge in [-0.05, 0) is 31.4 Å². The number of aromatic nitrogens is 3. The number of para-hydroxylation sites is 2. The number of hydrogen-bond donors (Lipinski definition) is 0. The van der Waals surface area contributed by atoms with E-state index in [2.05, 4.69) is 31.1 Å². The smallest absolute Gasteiger partial charge is 0.172 e. The number of rotatable bonds is 8. The van der Waals surface area contributed by atoms with E-state index >= 15 is 0 Å². The first-order valence-electron chi connectivity index (χ1n) is 7.89. The van der Waals surface area contributed by atoms with E-state index in [0.717, 1.165) is 42.7 Å². The molecule has 5 heteroatoms. The SMILES string of the molecule is CCCOc1ccccc1-n1nnc(C=O)c1C(CC)CC. The maximum absolute atomic E-state index is 11.3. The summed E-state index contributed by atoms with van der Waals surface area (Å²) in [5, 5.41) is 8.24. The van der Waals surface area contributed by atoms with Gasteiger partial charge in [-0.1, -0.05) is 38.1 Å². The van der Waals surface area contributed by atoms with E-state index in [0.29, 0.717) is 12.3 Å². The Bertz CT molecular complexity index is 618. The van der Waals surface area contributed by atoms with Crippen LogP contribution in [-0.2, 0) is 0 Å².